The second kappa shape index (κ2) is 3.80. The molecule has 1 aromatic rings. The van der Waals surface area contributed by atoms with E-state index in [0.717, 1.165) is 37.1 Å². The van der Waals surface area contributed by atoms with E-state index >= 15 is 0 Å². The van der Waals surface area contributed by atoms with Gasteiger partial charge in [-0.2, -0.15) is 0 Å². The van der Waals surface area contributed by atoms with E-state index in [1.807, 2.05) is 18.2 Å². The van der Waals surface area contributed by atoms with E-state index < -0.39 is 12.2 Å². The van der Waals surface area contributed by atoms with E-state index in [-0.39, 0.29) is 5.41 Å². The average molecular weight is 233 g/mol. The Morgan fingerprint density at radius 3 is 2.53 bits per heavy atom. The summed E-state index contributed by atoms with van der Waals surface area (Å²) in [5, 5.41) is 20.6. The molecule has 92 valence electrons. The molecule has 0 unspecified atom stereocenters. The molecule has 0 amide bonds. The molecule has 1 heterocycles. The van der Waals surface area contributed by atoms with Crippen LogP contribution in [0.15, 0.2) is 24.3 Å². The summed E-state index contributed by atoms with van der Waals surface area (Å²) in [5.74, 6) is 0. The molecule has 2 aliphatic rings. The molecule has 1 aliphatic heterocycles. The summed E-state index contributed by atoms with van der Waals surface area (Å²) >= 11 is 0. The van der Waals surface area contributed by atoms with Crippen LogP contribution in [0.3, 0.4) is 0 Å². The molecule has 1 fully saturated rings. The van der Waals surface area contributed by atoms with Crippen LogP contribution in [0.2, 0.25) is 0 Å². The van der Waals surface area contributed by atoms with Gasteiger partial charge >= 0.3 is 0 Å². The van der Waals surface area contributed by atoms with Gasteiger partial charge in [-0.25, -0.2) is 0 Å². The maximum absolute atomic E-state index is 10.4. The first kappa shape index (κ1) is 11.2. The van der Waals surface area contributed by atoms with Crippen LogP contribution in [0.1, 0.15) is 30.1 Å². The molecule has 0 radical (unpaired) electrons. The van der Waals surface area contributed by atoms with Crippen molar-refractivity contribution in [3.8, 4) is 0 Å². The molecule has 0 aromatic heterocycles. The molecule has 2 atom stereocenters. The SMILES string of the molecule is CN1CCC2(CC1)c1ccccc1[C@@H](O)[C@@H]2O. The van der Waals surface area contributed by atoms with Gasteiger partial charge in [-0.05, 0) is 44.1 Å². The van der Waals surface area contributed by atoms with Crippen LogP contribution in [0.4, 0.5) is 0 Å². The number of fused-ring (bicyclic) bond motifs is 2. The second-order valence-corrected chi connectivity index (χ2v) is 5.44. The van der Waals surface area contributed by atoms with E-state index in [1.54, 1.807) is 0 Å². The first-order valence-corrected chi connectivity index (χ1v) is 6.29. The number of hydrogen-bond donors (Lipinski definition) is 2. The summed E-state index contributed by atoms with van der Waals surface area (Å²) in [6.45, 7) is 1.97. The molecule has 0 bridgehead atoms. The minimum absolute atomic E-state index is 0.220. The molecule has 0 saturated carbocycles. The first-order valence-electron chi connectivity index (χ1n) is 6.29. The summed E-state index contributed by atoms with van der Waals surface area (Å²) in [4.78, 5) is 2.28. The molecule has 3 rings (SSSR count). The highest BCUT2D eigenvalue weighted by Crippen LogP contribution is 2.50. The Kier molecular flexibility index (Phi) is 2.51. The predicted molar refractivity (Wildman–Crippen MR) is 65.8 cm³/mol. The van der Waals surface area contributed by atoms with Crippen molar-refractivity contribution < 1.29 is 10.2 Å². The van der Waals surface area contributed by atoms with Gasteiger partial charge in [0.15, 0.2) is 0 Å². The van der Waals surface area contributed by atoms with Crippen molar-refractivity contribution in [1.29, 1.82) is 0 Å². The largest absolute Gasteiger partial charge is 0.389 e. The molecule has 3 heteroatoms. The molecule has 3 nitrogen and oxygen atoms in total. The number of aliphatic hydroxyl groups is 2. The summed E-state index contributed by atoms with van der Waals surface area (Å²) in [6.07, 6.45) is 0.500. The Hall–Kier alpha value is -0.900. The van der Waals surface area contributed by atoms with Gasteiger partial charge < -0.3 is 15.1 Å². The van der Waals surface area contributed by atoms with E-state index in [2.05, 4.69) is 18.0 Å². The first-order chi connectivity index (χ1) is 8.15. The van der Waals surface area contributed by atoms with E-state index in [0.29, 0.717) is 0 Å². The topological polar surface area (TPSA) is 43.7 Å². The van der Waals surface area contributed by atoms with Crippen molar-refractivity contribution in [2.75, 3.05) is 20.1 Å². The van der Waals surface area contributed by atoms with Crippen LogP contribution in [0, 0.1) is 0 Å². The van der Waals surface area contributed by atoms with Gasteiger partial charge in [0.2, 0.25) is 0 Å². The van der Waals surface area contributed by atoms with Crippen LogP contribution in [-0.4, -0.2) is 41.4 Å². The van der Waals surface area contributed by atoms with Gasteiger partial charge in [-0.3, -0.25) is 0 Å². The minimum Gasteiger partial charge on any atom is -0.389 e. The molecule has 1 saturated heterocycles. The van der Waals surface area contributed by atoms with Crippen LogP contribution < -0.4 is 0 Å². The Bertz CT molecular complexity index is 424. The third-order valence-corrected chi connectivity index (χ3v) is 4.56. The molecule has 1 aliphatic carbocycles. The van der Waals surface area contributed by atoms with Crippen molar-refractivity contribution >= 4 is 0 Å². The molecule has 17 heavy (non-hydrogen) atoms. The highest BCUT2D eigenvalue weighted by Gasteiger charge is 2.51. The fraction of sp³-hybridized carbons (Fsp3) is 0.571. The van der Waals surface area contributed by atoms with Crippen LogP contribution in [0.5, 0.6) is 0 Å². The van der Waals surface area contributed by atoms with Crippen LogP contribution in [0.25, 0.3) is 0 Å². The number of aliphatic hydroxyl groups excluding tert-OH is 2. The second-order valence-electron chi connectivity index (χ2n) is 5.44. The summed E-state index contributed by atoms with van der Waals surface area (Å²) in [5.41, 5.74) is 1.86. The number of nitrogens with zero attached hydrogens (tertiary/aromatic N) is 1. The summed E-state index contributed by atoms with van der Waals surface area (Å²) < 4.78 is 0. The maximum Gasteiger partial charge on any atom is 0.106 e. The van der Waals surface area contributed by atoms with Gasteiger partial charge in [0, 0.05) is 5.41 Å². The highest BCUT2D eigenvalue weighted by atomic mass is 16.3. The van der Waals surface area contributed by atoms with Crippen LogP contribution >= 0.6 is 0 Å². The van der Waals surface area contributed by atoms with Crippen molar-refractivity contribution in [2.24, 2.45) is 0 Å². The normalized spacial score (nSPS) is 31.7. The van der Waals surface area contributed by atoms with Crippen molar-refractivity contribution in [1.82, 2.24) is 4.90 Å². The van der Waals surface area contributed by atoms with E-state index in [4.69, 9.17) is 0 Å². The lowest BCUT2D eigenvalue weighted by Crippen LogP contribution is -2.46. The number of benzene rings is 1. The molecule has 1 aromatic carbocycles. The number of likely N-dealkylation sites (tertiary alicyclic amines) is 1. The third-order valence-electron chi connectivity index (χ3n) is 4.56. The monoisotopic (exact) mass is 233 g/mol. The smallest absolute Gasteiger partial charge is 0.106 e. The fourth-order valence-corrected chi connectivity index (χ4v) is 3.42. The fourth-order valence-electron chi connectivity index (χ4n) is 3.42. The Balaban J connectivity index is 2.05. The standard InChI is InChI=1S/C14H19NO2/c1-15-8-6-14(7-9-15)11-5-3-2-4-10(11)12(16)13(14)17/h2-5,12-13,16-17H,6-9H2,1H3/t12-,13+/m1/s1. The number of hydrogen-bond acceptors (Lipinski definition) is 3. The van der Waals surface area contributed by atoms with Gasteiger partial charge in [0.1, 0.15) is 6.10 Å². The zero-order valence-electron chi connectivity index (χ0n) is 10.1. The van der Waals surface area contributed by atoms with Crippen LogP contribution in [-0.2, 0) is 5.41 Å². The third kappa shape index (κ3) is 1.46. The lowest BCUT2D eigenvalue weighted by Gasteiger charge is -2.41. The summed E-state index contributed by atoms with van der Waals surface area (Å²) in [7, 11) is 2.11. The van der Waals surface area contributed by atoms with Gasteiger partial charge in [-0.15, -0.1) is 0 Å². The average Bonchev–Trinajstić information content (AvgIpc) is 2.57. The lowest BCUT2D eigenvalue weighted by atomic mass is 9.72. The zero-order valence-corrected chi connectivity index (χ0v) is 10.1. The Morgan fingerprint density at radius 1 is 1.18 bits per heavy atom. The van der Waals surface area contributed by atoms with Gasteiger partial charge in [0.25, 0.3) is 0 Å². The lowest BCUT2D eigenvalue weighted by molar-refractivity contribution is -0.0336. The van der Waals surface area contributed by atoms with Gasteiger partial charge in [0.05, 0.1) is 6.10 Å². The molecule has 1 spiro atoms. The van der Waals surface area contributed by atoms with Crippen molar-refractivity contribution in [2.45, 2.75) is 30.5 Å². The Labute approximate surface area is 102 Å². The van der Waals surface area contributed by atoms with E-state index in [1.165, 1.54) is 0 Å². The van der Waals surface area contributed by atoms with Crippen molar-refractivity contribution in [3.05, 3.63) is 35.4 Å². The zero-order chi connectivity index (χ0) is 12.0. The molecule has 2 N–H and O–H groups in total. The molecular weight excluding hydrogens is 214 g/mol. The summed E-state index contributed by atoms with van der Waals surface area (Å²) in [6, 6.07) is 7.95. The highest BCUT2D eigenvalue weighted by molar-refractivity contribution is 5.44. The van der Waals surface area contributed by atoms with Gasteiger partial charge in [-0.1, -0.05) is 24.3 Å². The Morgan fingerprint density at radius 2 is 1.82 bits per heavy atom. The van der Waals surface area contributed by atoms with Crippen molar-refractivity contribution in [3.63, 3.8) is 0 Å². The molecular formula is C14H19NO2. The number of rotatable bonds is 0. The minimum atomic E-state index is -0.713. The van der Waals surface area contributed by atoms with E-state index in [9.17, 15) is 10.2 Å². The quantitative estimate of drug-likeness (QED) is 0.704. The maximum atomic E-state index is 10.4. The number of piperidine rings is 1. The predicted octanol–water partition coefficient (Wildman–Crippen LogP) is 1.06.